The first-order chi connectivity index (χ1) is 16.7. The molecular weight excluding hydrogens is 510 g/mol. The molecular formula is C28H20BrNO5. The number of carbonyl (C=O) groups excluding carboxylic acids is 4. The summed E-state index contributed by atoms with van der Waals surface area (Å²) < 4.78 is 7.13. The highest BCUT2D eigenvalue weighted by atomic mass is 79.9. The maximum Gasteiger partial charge on any atom is 0.241 e. The minimum Gasteiger partial charge on any atom is -0.349 e. The van der Waals surface area contributed by atoms with E-state index in [4.69, 9.17) is 4.74 Å². The van der Waals surface area contributed by atoms with Crippen LogP contribution in [0.3, 0.4) is 0 Å². The average molecular weight is 530 g/mol. The number of ether oxygens (including phenoxy) is 1. The lowest BCUT2D eigenvalue weighted by atomic mass is 9.77. The van der Waals surface area contributed by atoms with Crippen LogP contribution in [0.2, 0.25) is 0 Å². The van der Waals surface area contributed by atoms with E-state index in [9.17, 15) is 19.2 Å². The van der Waals surface area contributed by atoms with Crippen LogP contribution in [-0.4, -0.2) is 29.0 Å². The Kier molecular flexibility index (Phi) is 4.75. The van der Waals surface area contributed by atoms with Gasteiger partial charge in [0.05, 0.1) is 23.6 Å². The number of hydrogen-bond donors (Lipinski definition) is 0. The number of hydrogen-bond acceptors (Lipinski definition) is 5. The van der Waals surface area contributed by atoms with Gasteiger partial charge in [-0.15, -0.1) is 0 Å². The second kappa shape index (κ2) is 7.54. The number of imide groups is 1. The summed E-state index contributed by atoms with van der Waals surface area (Å²) in [7, 11) is 0. The van der Waals surface area contributed by atoms with Gasteiger partial charge in [0.25, 0.3) is 0 Å². The Morgan fingerprint density at radius 2 is 1.37 bits per heavy atom. The topological polar surface area (TPSA) is 80.8 Å². The highest BCUT2D eigenvalue weighted by Gasteiger charge is 2.74. The molecule has 2 aliphatic heterocycles. The molecule has 3 atom stereocenters. The van der Waals surface area contributed by atoms with Gasteiger partial charge in [-0.25, -0.2) is 4.90 Å². The molecule has 3 aliphatic rings. The number of nitrogens with zero attached hydrogens (tertiary/aromatic N) is 1. The molecule has 0 N–H and O–H groups in total. The van der Waals surface area contributed by atoms with Crippen molar-refractivity contribution in [2.45, 2.75) is 25.6 Å². The van der Waals surface area contributed by atoms with Gasteiger partial charge in [-0.05, 0) is 54.8 Å². The quantitative estimate of drug-likeness (QED) is 0.353. The molecule has 6 nitrogen and oxygen atoms in total. The van der Waals surface area contributed by atoms with Crippen LogP contribution in [0.1, 0.15) is 43.5 Å². The van der Waals surface area contributed by atoms with Crippen molar-refractivity contribution >= 4 is 45.0 Å². The molecule has 35 heavy (non-hydrogen) atoms. The average Bonchev–Trinajstić information content (AvgIpc) is 3.39. The molecule has 3 aromatic rings. The number of Topliss-reactive ketones (excluding diaryl/α,β-unsaturated/α-hetero) is 2. The lowest BCUT2D eigenvalue weighted by Crippen LogP contribution is -2.51. The molecule has 1 spiro atoms. The number of fused-ring (bicyclic) bond motifs is 3. The number of benzene rings is 3. The molecule has 2 amide bonds. The second-order valence-electron chi connectivity index (χ2n) is 9.39. The Bertz CT molecular complexity index is 1410. The smallest absolute Gasteiger partial charge is 0.241 e. The van der Waals surface area contributed by atoms with Crippen LogP contribution in [0.5, 0.6) is 0 Å². The molecule has 3 aromatic carbocycles. The summed E-state index contributed by atoms with van der Waals surface area (Å²) in [5, 5.41) is 0. The summed E-state index contributed by atoms with van der Waals surface area (Å²) >= 11 is 3.41. The standard InChI is InChI=1S/C28H20BrNO5/c1-14-11-15(2)13-18(12-14)30-26(33)21-22(27(30)34)28(35-23(21)16-7-9-17(29)10-8-16)24(31)19-5-3-4-6-20(19)25(28)32/h3-13,21-23H,1-2H3/t21-,22+,23+/m1/s1. The highest BCUT2D eigenvalue weighted by molar-refractivity contribution is 9.10. The van der Waals surface area contributed by atoms with E-state index in [0.29, 0.717) is 11.3 Å². The summed E-state index contributed by atoms with van der Waals surface area (Å²) in [5.74, 6) is -4.43. The Morgan fingerprint density at radius 3 is 1.94 bits per heavy atom. The third-order valence-corrected chi connectivity index (χ3v) is 7.71. The fraction of sp³-hybridized carbons (Fsp3) is 0.214. The van der Waals surface area contributed by atoms with Crippen molar-refractivity contribution in [1.82, 2.24) is 0 Å². The predicted molar refractivity (Wildman–Crippen MR) is 131 cm³/mol. The van der Waals surface area contributed by atoms with Gasteiger partial charge in [-0.1, -0.05) is 58.4 Å². The van der Waals surface area contributed by atoms with E-state index >= 15 is 0 Å². The summed E-state index contributed by atoms with van der Waals surface area (Å²) in [6.45, 7) is 3.77. The molecule has 0 unspecified atom stereocenters. The maximum atomic E-state index is 14.0. The van der Waals surface area contributed by atoms with Crippen molar-refractivity contribution in [2.75, 3.05) is 4.90 Å². The molecule has 1 aliphatic carbocycles. The lowest BCUT2D eigenvalue weighted by Gasteiger charge is -2.27. The largest absolute Gasteiger partial charge is 0.349 e. The zero-order chi connectivity index (χ0) is 24.6. The molecule has 0 aromatic heterocycles. The van der Waals surface area contributed by atoms with Crippen molar-refractivity contribution in [3.63, 3.8) is 0 Å². The first kappa shape index (κ1) is 22.1. The van der Waals surface area contributed by atoms with Gasteiger partial charge in [0.1, 0.15) is 0 Å². The first-order valence-corrected chi connectivity index (χ1v) is 12.1. The fourth-order valence-electron chi connectivity index (χ4n) is 5.80. The number of carbonyl (C=O) groups is 4. The van der Waals surface area contributed by atoms with Crippen LogP contribution in [-0.2, 0) is 14.3 Å². The van der Waals surface area contributed by atoms with Gasteiger partial charge < -0.3 is 4.74 Å². The highest BCUT2D eigenvalue weighted by Crippen LogP contribution is 2.57. The van der Waals surface area contributed by atoms with Gasteiger partial charge in [-0.2, -0.15) is 0 Å². The summed E-state index contributed by atoms with van der Waals surface area (Å²) in [4.78, 5) is 56.5. The Labute approximate surface area is 210 Å². The molecule has 2 fully saturated rings. The van der Waals surface area contributed by atoms with E-state index in [1.54, 1.807) is 60.7 Å². The maximum absolute atomic E-state index is 14.0. The number of aryl methyl sites for hydroxylation is 2. The lowest BCUT2D eigenvalue weighted by molar-refractivity contribution is -0.127. The van der Waals surface area contributed by atoms with E-state index in [-0.39, 0.29) is 11.1 Å². The molecule has 0 bridgehead atoms. The molecule has 2 saturated heterocycles. The van der Waals surface area contributed by atoms with Gasteiger partial charge in [-0.3, -0.25) is 19.2 Å². The number of halogens is 1. The van der Waals surface area contributed by atoms with Crippen LogP contribution in [0, 0.1) is 25.7 Å². The Hall–Kier alpha value is -3.42. The SMILES string of the molecule is Cc1cc(C)cc(N2C(=O)[C@@H]3[C@@H](C2=O)C2(O[C@H]3c3ccc(Br)cc3)C(=O)c3ccccc3C2=O)c1. The summed E-state index contributed by atoms with van der Waals surface area (Å²) in [6, 6.07) is 19.1. The van der Waals surface area contributed by atoms with Gasteiger partial charge in [0, 0.05) is 15.6 Å². The van der Waals surface area contributed by atoms with E-state index in [1.165, 1.54) is 0 Å². The number of rotatable bonds is 2. The van der Waals surface area contributed by atoms with Gasteiger partial charge in [0.2, 0.25) is 29.0 Å². The van der Waals surface area contributed by atoms with Crippen LogP contribution in [0.25, 0.3) is 0 Å². The van der Waals surface area contributed by atoms with Crippen molar-refractivity contribution < 1.29 is 23.9 Å². The van der Waals surface area contributed by atoms with Crippen molar-refractivity contribution in [3.05, 3.63) is 99.0 Å². The molecule has 6 rings (SSSR count). The van der Waals surface area contributed by atoms with Crippen LogP contribution in [0.15, 0.2) is 71.2 Å². The van der Waals surface area contributed by atoms with Crippen LogP contribution < -0.4 is 4.90 Å². The van der Waals surface area contributed by atoms with E-state index in [0.717, 1.165) is 20.5 Å². The second-order valence-corrected chi connectivity index (χ2v) is 10.3. The summed E-state index contributed by atoms with van der Waals surface area (Å²) in [6.07, 6.45) is -0.928. The minimum absolute atomic E-state index is 0.220. The zero-order valence-electron chi connectivity index (χ0n) is 18.9. The number of ketones is 2. The van der Waals surface area contributed by atoms with E-state index < -0.39 is 46.9 Å². The van der Waals surface area contributed by atoms with Gasteiger partial charge >= 0.3 is 0 Å². The van der Waals surface area contributed by atoms with Crippen molar-refractivity contribution in [3.8, 4) is 0 Å². The normalized spacial score (nSPS) is 24.4. The molecule has 2 heterocycles. The van der Waals surface area contributed by atoms with Crippen LogP contribution >= 0.6 is 15.9 Å². The molecule has 174 valence electrons. The third-order valence-electron chi connectivity index (χ3n) is 7.18. The Morgan fingerprint density at radius 1 is 0.800 bits per heavy atom. The number of anilines is 1. The fourth-order valence-corrected chi connectivity index (χ4v) is 6.07. The monoisotopic (exact) mass is 529 g/mol. The number of amides is 2. The van der Waals surface area contributed by atoms with Crippen molar-refractivity contribution in [1.29, 1.82) is 0 Å². The predicted octanol–water partition coefficient (Wildman–Crippen LogP) is 4.76. The van der Waals surface area contributed by atoms with Crippen molar-refractivity contribution in [2.24, 2.45) is 11.8 Å². The molecule has 0 radical (unpaired) electrons. The van der Waals surface area contributed by atoms with E-state index in [1.807, 2.05) is 19.9 Å². The zero-order valence-corrected chi connectivity index (χ0v) is 20.5. The Balaban J connectivity index is 1.55. The van der Waals surface area contributed by atoms with E-state index in [2.05, 4.69) is 15.9 Å². The van der Waals surface area contributed by atoms with Crippen LogP contribution in [0.4, 0.5) is 5.69 Å². The third kappa shape index (κ3) is 2.91. The summed E-state index contributed by atoms with van der Waals surface area (Å²) in [5.41, 5.74) is 1.23. The van der Waals surface area contributed by atoms with Gasteiger partial charge in [0.15, 0.2) is 0 Å². The first-order valence-electron chi connectivity index (χ1n) is 11.3. The molecule has 7 heteroatoms. The minimum atomic E-state index is -2.06. The molecule has 0 saturated carbocycles.